The molecular weight excluding hydrogens is 194 g/mol. The Kier molecular flexibility index (Phi) is 4.52. The molecular formula is C11H19NO3. The molecule has 4 nitrogen and oxygen atoms in total. The van der Waals surface area contributed by atoms with Crippen LogP contribution in [0, 0.1) is 5.41 Å². The van der Waals surface area contributed by atoms with E-state index in [1.54, 1.807) is 20.8 Å². The maximum atomic E-state index is 11.5. The number of allylic oxidation sites excluding steroid dienone is 1. The SMILES string of the molecule is CC(C)=C(C)C(=O)NCC(C)(C)C(=O)O. The van der Waals surface area contributed by atoms with Crippen molar-refractivity contribution >= 4 is 11.9 Å². The van der Waals surface area contributed by atoms with Crippen molar-refractivity contribution in [3.63, 3.8) is 0 Å². The molecule has 0 aliphatic carbocycles. The quantitative estimate of drug-likeness (QED) is 0.696. The van der Waals surface area contributed by atoms with Crippen LogP contribution in [0.1, 0.15) is 34.6 Å². The first-order valence-corrected chi connectivity index (χ1v) is 4.84. The lowest BCUT2D eigenvalue weighted by atomic mass is 9.94. The van der Waals surface area contributed by atoms with Crippen LogP contribution in [0.2, 0.25) is 0 Å². The summed E-state index contributed by atoms with van der Waals surface area (Å²) in [6.45, 7) is 8.69. The molecule has 0 fully saturated rings. The van der Waals surface area contributed by atoms with Crippen LogP contribution in [-0.4, -0.2) is 23.5 Å². The predicted molar refractivity (Wildman–Crippen MR) is 58.5 cm³/mol. The molecule has 0 aliphatic rings. The number of amides is 1. The van der Waals surface area contributed by atoms with Crippen LogP contribution in [-0.2, 0) is 9.59 Å². The highest BCUT2D eigenvalue weighted by molar-refractivity contribution is 5.93. The lowest BCUT2D eigenvalue weighted by molar-refractivity contribution is -0.146. The minimum Gasteiger partial charge on any atom is -0.481 e. The van der Waals surface area contributed by atoms with E-state index in [-0.39, 0.29) is 12.5 Å². The van der Waals surface area contributed by atoms with Crippen molar-refractivity contribution in [3.8, 4) is 0 Å². The van der Waals surface area contributed by atoms with Gasteiger partial charge in [0.05, 0.1) is 5.41 Å². The second-order valence-corrected chi connectivity index (χ2v) is 4.50. The van der Waals surface area contributed by atoms with Crippen LogP contribution in [0.15, 0.2) is 11.1 Å². The third-order valence-electron chi connectivity index (χ3n) is 2.36. The predicted octanol–water partition coefficient (Wildman–Crippen LogP) is 1.57. The van der Waals surface area contributed by atoms with E-state index in [9.17, 15) is 9.59 Å². The summed E-state index contributed by atoms with van der Waals surface area (Å²) < 4.78 is 0. The van der Waals surface area contributed by atoms with Gasteiger partial charge in [-0.1, -0.05) is 5.57 Å². The average Bonchev–Trinajstić information content (AvgIpc) is 2.12. The number of hydrogen-bond acceptors (Lipinski definition) is 2. The standard InChI is InChI=1S/C11H19NO3/c1-7(2)8(3)9(13)12-6-11(4,5)10(14)15/h6H2,1-5H3,(H,12,13)(H,14,15). The molecule has 15 heavy (non-hydrogen) atoms. The van der Waals surface area contributed by atoms with Crippen molar-refractivity contribution in [2.24, 2.45) is 5.41 Å². The maximum absolute atomic E-state index is 11.5. The summed E-state index contributed by atoms with van der Waals surface area (Å²) in [5.74, 6) is -1.12. The molecule has 86 valence electrons. The number of carboxylic acid groups (broad SMARTS) is 1. The molecule has 0 heterocycles. The molecule has 1 amide bonds. The molecule has 0 radical (unpaired) electrons. The van der Waals surface area contributed by atoms with Gasteiger partial charge in [0.25, 0.3) is 0 Å². The number of hydrogen-bond donors (Lipinski definition) is 2. The van der Waals surface area contributed by atoms with Crippen molar-refractivity contribution < 1.29 is 14.7 Å². The average molecular weight is 213 g/mol. The Bertz CT molecular complexity index is 299. The van der Waals surface area contributed by atoms with Crippen molar-refractivity contribution in [3.05, 3.63) is 11.1 Å². The van der Waals surface area contributed by atoms with Crippen LogP contribution in [0.3, 0.4) is 0 Å². The van der Waals surface area contributed by atoms with Gasteiger partial charge >= 0.3 is 5.97 Å². The highest BCUT2D eigenvalue weighted by atomic mass is 16.4. The van der Waals surface area contributed by atoms with Gasteiger partial charge in [-0.25, -0.2) is 0 Å². The van der Waals surface area contributed by atoms with E-state index in [1.165, 1.54) is 0 Å². The third-order valence-corrected chi connectivity index (χ3v) is 2.36. The molecule has 0 aromatic carbocycles. The zero-order chi connectivity index (χ0) is 12.2. The zero-order valence-electron chi connectivity index (χ0n) is 9.97. The Labute approximate surface area is 90.4 Å². The van der Waals surface area contributed by atoms with Gasteiger partial charge in [0.1, 0.15) is 0 Å². The molecule has 0 spiro atoms. The molecule has 0 rings (SSSR count). The van der Waals surface area contributed by atoms with Crippen LogP contribution in [0.4, 0.5) is 0 Å². The van der Waals surface area contributed by atoms with Crippen LogP contribution in [0.5, 0.6) is 0 Å². The minimum absolute atomic E-state index is 0.131. The summed E-state index contributed by atoms with van der Waals surface area (Å²) in [6.07, 6.45) is 0. The smallest absolute Gasteiger partial charge is 0.310 e. The molecule has 2 N–H and O–H groups in total. The van der Waals surface area contributed by atoms with Gasteiger partial charge < -0.3 is 10.4 Å². The molecule has 0 aromatic rings. The fraction of sp³-hybridized carbons (Fsp3) is 0.636. The largest absolute Gasteiger partial charge is 0.481 e. The highest BCUT2D eigenvalue weighted by Crippen LogP contribution is 2.13. The van der Waals surface area contributed by atoms with E-state index in [1.807, 2.05) is 13.8 Å². The van der Waals surface area contributed by atoms with E-state index in [4.69, 9.17) is 5.11 Å². The van der Waals surface area contributed by atoms with Crippen molar-refractivity contribution in [2.45, 2.75) is 34.6 Å². The van der Waals surface area contributed by atoms with Gasteiger partial charge in [0.2, 0.25) is 5.91 Å². The Balaban J connectivity index is 4.37. The third kappa shape index (κ3) is 4.14. The molecule has 0 bridgehead atoms. The lowest BCUT2D eigenvalue weighted by Crippen LogP contribution is -2.39. The number of rotatable bonds is 4. The van der Waals surface area contributed by atoms with Gasteiger partial charge in [-0.15, -0.1) is 0 Å². The van der Waals surface area contributed by atoms with Crippen molar-refractivity contribution in [1.29, 1.82) is 0 Å². The normalized spacial score (nSPS) is 10.7. The van der Waals surface area contributed by atoms with E-state index in [0.717, 1.165) is 5.57 Å². The monoisotopic (exact) mass is 213 g/mol. The highest BCUT2D eigenvalue weighted by Gasteiger charge is 2.27. The maximum Gasteiger partial charge on any atom is 0.310 e. The molecule has 0 saturated carbocycles. The summed E-state index contributed by atoms with van der Waals surface area (Å²) in [5, 5.41) is 11.4. The number of carbonyl (C=O) groups excluding carboxylic acids is 1. The Morgan fingerprint density at radius 1 is 1.20 bits per heavy atom. The molecule has 0 unspecified atom stereocenters. The molecule has 0 aliphatic heterocycles. The van der Waals surface area contributed by atoms with E-state index >= 15 is 0 Å². The molecule has 0 atom stereocenters. The number of carbonyl (C=O) groups is 2. The summed E-state index contributed by atoms with van der Waals surface area (Å²) in [4.78, 5) is 22.3. The number of carboxylic acids is 1. The van der Waals surface area contributed by atoms with E-state index in [2.05, 4.69) is 5.32 Å². The molecule has 0 aromatic heterocycles. The first-order valence-electron chi connectivity index (χ1n) is 4.84. The minimum atomic E-state index is -0.933. The van der Waals surface area contributed by atoms with E-state index in [0.29, 0.717) is 5.57 Å². The number of nitrogens with one attached hydrogen (secondary N) is 1. The lowest BCUT2D eigenvalue weighted by Gasteiger charge is -2.19. The summed E-state index contributed by atoms with van der Waals surface area (Å²) >= 11 is 0. The van der Waals surface area contributed by atoms with Crippen LogP contribution < -0.4 is 5.32 Å². The first-order chi connectivity index (χ1) is 6.68. The summed E-state index contributed by atoms with van der Waals surface area (Å²) in [7, 11) is 0. The van der Waals surface area contributed by atoms with Crippen molar-refractivity contribution in [1.82, 2.24) is 5.32 Å². The summed E-state index contributed by atoms with van der Waals surface area (Å²) in [6, 6.07) is 0. The van der Waals surface area contributed by atoms with E-state index < -0.39 is 11.4 Å². The Morgan fingerprint density at radius 2 is 1.67 bits per heavy atom. The topological polar surface area (TPSA) is 66.4 Å². The van der Waals surface area contributed by atoms with Crippen LogP contribution >= 0.6 is 0 Å². The first kappa shape index (κ1) is 13.7. The van der Waals surface area contributed by atoms with Crippen molar-refractivity contribution in [2.75, 3.05) is 6.54 Å². The van der Waals surface area contributed by atoms with Gasteiger partial charge in [-0.05, 0) is 34.6 Å². The fourth-order valence-electron chi connectivity index (χ4n) is 0.737. The fourth-order valence-corrected chi connectivity index (χ4v) is 0.737. The Morgan fingerprint density at radius 3 is 2.00 bits per heavy atom. The van der Waals surface area contributed by atoms with Crippen LogP contribution in [0.25, 0.3) is 0 Å². The molecule has 4 heteroatoms. The van der Waals surface area contributed by atoms with Gasteiger partial charge in [-0.3, -0.25) is 9.59 Å². The zero-order valence-corrected chi connectivity index (χ0v) is 9.97. The van der Waals surface area contributed by atoms with Gasteiger partial charge in [-0.2, -0.15) is 0 Å². The second kappa shape index (κ2) is 4.96. The van der Waals surface area contributed by atoms with Gasteiger partial charge in [0.15, 0.2) is 0 Å². The summed E-state index contributed by atoms with van der Waals surface area (Å²) in [5.41, 5.74) is 0.634. The molecule has 0 saturated heterocycles. The Hall–Kier alpha value is -1.32. The van der Waals surface area contributed by atoms with Gasteiger partial charge in [0, 0.05) is 12.1 Å². The second-order valence-electron chi connectivity index (χ2n) is 4.50. The number of aliphatic carboxylic acids is 1.